The number of esters is 1. The zero-order valence-corrected chi connectivity index (χ0v) is 22.1. The Morgan fingerprint density at radius 1 is 0.821 bits per heavy atom. The van der Waals surface area contributed by atoms with Crippen LogP contribution in [0.3, 0.4) is 0 Å². The first-order valence-electron chi connectivity index (χ1n) is 12.9. The third-order valence-electron chi connectivity index (χ3n) is 6.70. The van der Waals surface area contributed by atoms with Gasteiger partial charge in [0.05, 0.1) is 25.1 Å². The topological polar surface area (TPSA) is 52.3 Å². The van der Waals surface area contributed by atoms with Crippen LogP contribution in [-0.2, 0) is 22.4 Å². The van der Waals surface area contributed by atoms with Gasteiger partial charge < -0.3 is 9.15 Å². The largest absolute Gasteiger partial charge is 0.469 e. The molecule has 1 unspecified atom stereocenters. The number of ether oxygens (including phenoxy) is 1. The fraction of sp³-hybridized carbons (Fsp3) is 0.143. The molecule has 4 nitrogen and oxygen atoms in total. The van der Waals surface area contributed by atoms with Gasteiger partial charge in [-0.05, 0) is 59.9 Å². The Labute approximate surface area is 229 Å². The van der Waals surface area contributed by atoms with Crippen molar-refractivity contribution in [1.29, 1.82) is 0 Å². The van der Waals surface area contributed by atoms with Crippen LogP contribution >= 0.6 is 0 Å². The molecule has 1 aromatic heterocycles. The first kappa shape index (κ1) is 25.8. The number of aromatic nitrogens is 1. The Hall–Kier alpha value is -4.88. The molecule has 0 aliphatic rings. The number of hydrogen-bond acceptors (Lipinski definition) is 4. The molecule has 0 radical (unpaired) electrons. The average molecular weight is 512 g/mol. The summed E-state index contributed by atoms with van der Waals surface area (Å²) >= 11 is 0. The lowest BCUT2D eigenvalue weighted by atomic mass is 9.90. The van der Waals surface area contributed by atoms with Gasteiger partial charge >= 0.3 is 5.97 Å². The molecule has 5 rings (SSSR count). The number of aryl methyl sites for hydroxylation is 1. The van der Waals surface area contributed by atoms with Gasteiger partial charge in [-0.3, -0.25) is 4.79 Å². The molecule has 1 atom stereocenters. The number of rotatable bonds is 7. The van der Waals surface area contributed by atoms with Crippen LogP contribution in [0, 0.1) is 18.8 Å². The minimum atomic E-state index is -0.384. The Bertz CT molecular complexity index is 1590. The van der Waals surface area contributed by atoms with Gasteiger partial charge in [-0.25, -0.2) is 4.98 Å². The summed E-state index contributed by atoms with van der Waals surface area (Å²) in [5.74, 6) is 7.19. The predicted octanol–water partition coefficient (Wildman–Crippen LogP) is 7.41. The lowest BCUT2D eigenvalue weighted by Gasteiger charge is -2.16. The maximum atomic E-state index is 12.7. The van der Waals surface area contributed by atoms with Crippen molar-refractivity contribution in [2.45, 2.75) is 25.7 Å². The van der Waals surface area contributed by atoms with Gasteiger partial charge in [0.15, 0.2) is 0 Å². The maximum absolute atomic E-state index is 12.7. The van der Waals surface area contributed by atoms with E-state index >= 15 is 0 Å². The van der Waals surface area contributed by atoms with E-state index in [1.807, 2.05) is 91.9 Å². The molecule has 4 aromatic carbocycles. The van der Waals surface area contributed by atoms with Gasteiger partial charge in [0.1, 0.15) is 5.76 Å². The Morgan fingerprint density at radius 2 is 1.44 bits per heavy atom. The van der Waals surface area contributed by atoms with Crippen molar-refractivity contribution in [3.05, 3.63) is 137 Å². The van der Waals surface area contributed by atoms with E-state index in [-0.39, 0.29) is 11.9 Å². The Kier molecular flexibility index (Phi) is 8.00. The third kappa shape index (κ3) is 6.34. The quantitative estimate of drug-likeness (QED) is 0.169. The molecule has 0 spiro atoms. The summed E-state index contributed by atoms with van der Waals surface area (Å²) in [6.45, 7) is 1.91. The molecule has 39 heavy (non-hydrogen) atoms. The molecule has 0 amide bonds. The normalized spacial score (nSPS) is 11.3. The molecule has 5 aromatic rings. The van der Waals surface area contributed by atoms with E-state index in [9.17, 15) is 4.79 Å². The summed E-state index contributed by atoms with van der Waals surface area (Å²) in [5.41, 5.74) is 6.94. The summed E-state index contributed by atoms with van der Waals surface area (Å²) in [6.07, 6.45) is 1.05. The van der Waals surface area contributed by atoms with Crippen molar-refractivity contribution < 1.29 is 13.9 Å². The molecule has 0 bridgehead atoms. The SMILES string of the molecule is COC(=O)C(Cc1ccc(C#CCc2nc(-c3ccccc3)oc2C)cc1)c1ccc(-c2ccccc2)cc1. The van der Waals surface area contributed by atoms with Gasteiger partial charge in [0.25, 0.3) is 0 Å². The minimum absolute atomic E-state index is 0.246. The van der Waals surface area contributed by atoms with E-state index in [0.29, 0.717) is 18.7 Å². The number of carbonyl (C=O) groups is 1. The summed E-state index contributed by atoms with van der Waals surface area (Å²) in [7, 11) is 1.44. The second kappa shape index (κ2) is 12.1. The highest BCUT2D eigenvalue weighted by Crippen LogP contribution is 2.27. The number of hydrogen-bond donors (Lipinski definition) is 0. The fourth-order valence-corrected chi connectivity index (χ4v) is 4.50. The summed E-state index contributed by atoms with van der Waals surface area (Å²) in [4.78, 5) is 17.3. The van der Waals surface area contributed by atoms with E-state index in [1.165, 1.54) is 7.11 Å². The zero-order valence-electron chi connectivity index (χ0n) is 22.1. The van der Waals surface area contributed by atoms with Crippen LogP contribution in [0.25, 0.3) is 22.6 Å². The van der Waals surface area contributed by atoms with Crippen LogP contribution in [0.2, 0.25) is 0 Å². The molecule has 0 aliphatic heterocycles. The van der Waals surface area contributed by atoms with Crippen molar-refractivity contribution in [1.82, 2.24) is 4.98 Å². The van der Waals surface area contributed by atoms with E-state index in [4.69, 9.17) is 9.15 Å². The second-order valence-corrected chi connectivity index (χ2v) is 9.33. The van der Waals surface area contributed by atoms with Gasteiger partial charge in [0, 0.05) is 11.1 Å². The molecule has 4 heteroatoms. The summed E-state index contributed by atoms with van der Waals surface area (Å²) in [6, 6.07) is 36.2. The van der Waals surface area contributed by atoms with Crippen molar-refractivity contribution in [2.24, 2.45) is 0 Å². The van der Waals surface area contributed by atoms with E-state index in [0.717, 1.165) is 44.8 Å². The van der Waals surface area contributed by atoms with Crippen LogP contribution in [-0.4, -0.2) is 18.1 Å². The van der Waals surface area contributed by atoms with Crippen molar-refractivity contribution >= 4 is 5.97 Å². The van der Waals surface area contributed by atoms with Gasteiger partial charge in [0.2, 0.25) is 5.89 Å². The third-order valence-corrected chi connectivity index (χ3v) is 6.70. The lowest BCUT2D eigenvalue weighted by Crippen LogP contribution is -2.16. The summed E-state index contributed by atoms with van der Waals surface area (Å²) in [5, 5.41) is 0. The first-order valence-corrected chi connectivity index (χ1v) is 12.9. The Balaban J connectivity index is 1.25. The molecule has 0 aliphatic carbocycles. The van der Waals surface area contributed by atoms with Crippen LogP contribution in [0.4, 0.5) is 0 Å². The zero-order chi connectivity index (χ0) is 27.0. The molecular formula is C35H29NO3. The minimum Gasteiger partial charge on any atom is -0.469 e. The average Bonchev–Trinajstić information content (AvgIpc) is 3.37. The highest BCUT2D eigenvalue weighted by Gasteiger charge is 2.22. The van der Waals surface area contributed by atoms with Crippen molar-refractivity contribution in [3.63, 3.8) is 0 Å². The monoisotopic (exact) mass is 511 g/mol. The molecule has 1 heterocycles. The highest BCUT2D eigenvalue weighted by molar-refractivity contribution is 5.79. The molecule has 0 saturated heterocycles. The summed E-state index contributed by atoms with van der Waals surface area (Å²) < 4.78 is 11.0. The van der Waals surface area contributed by atoms with E-state index in [2.05, 4.69) is 41.1 Å². The molecule has 192 valence electrons. The highest BCUT2D eigenvalue weighted by atomic mass is 16.5. The van der Waals surface area contributed by atoms with Gasteiger partial charge in [-0.1, -0.05) is 96.8 Å². The standard InChI is InChI=1S/C35H29NO3/c1-25-33(36-34(39-25)31-13-7-4-8-14-31)15-9-10-26-16-18-27(19-17-26)24-32(35(37)38-2)30-22-20-29(21-23-30)28-11-5-3-6-12-28/h3-8,11-14,16-23,32H,15,24H2,1-2H3. The van der Waals surface area contributed by atoms with E-state index < -0.39 is 0 Å². The number of nitrogens with zero attached hydrogens (tertiary/aromatic N) is 1. The van der Waals surface area contributed by atoms with Crippen LogP contribution in [0.1, 0.15) is 34.1 Å². The number of oxazole rings is 1. The van der Waals surface area contributed by atoms with E-state index in [1.54, 1.807) is 0 Å². The Morgan fingerprint density at radius 3 is 2.08 bits per heavy atom. The van der Waals surface area contributed by atoms with Crippen molar-refractivity contribution in [2.75, 3.05) is 7.11 Å². The number of benzene rings is 4. The van der Waals surface area contributed by atoms with Crippen LogP contribution in [0.15, 0.2) is 114 Å². The lowest BCUT2D eigenvalue weighted by molar-refractivity contribution is -0.142. The number of methoxy groups -OCH3 is 1. The maximum Gasteiger partial charge on any atom is 0.313 e. The second-order valence-electron chi connectivity index (χ2n) is 9.33. The molecular weight excluding hydrogens is 482 g/mol. The van der Waals surface area contributed by atoms with Crippen LogP contribution in [0.5, 0.6) is 0 Å². The van der Waals surface area contributed by atoms with Gasteiger partial charge in [-0.2, -0.15) is 0 Å². The molecule has 0 saturated carbocycles. The predicted molar refractivity (Wildman–Crippen MR) is 154 cm³/mol. The van der Waals surface area contributed by atoms with Crippen molar-refractivity contribution in [3.8, 4) is 34.4 Å². The number of carbonyl (C=O) groups excluding carboxylic acids is 1. The van der Waals surface area contributed by atoms with Gasteiger partial charge in [-0.15, -0.1) is 0 Å². The molecule has 0 N–H and O–H groups in total. The molecule has 0 fully saturated rings. The first-order chi connectivity index (χ1) is 19.1. The fourth-order valence-electron chi connectivity index (χ4n) is 4.50. The smallest absolute Gasteiger partial charge is 0.313 e. The van der Waals surface area contributed by atoms with Crippen LogP contribution < -0.4 is 0 Å².